The highest BCUT2D eigenvalue weighted by Crippen LogP contribution is 2.76. The van der Waals surface area contributed by atoms with Crippen LogP contribution in [0, 0.1) is 52.8 Å². The fraction of sp³-hybridized carbons (Fsp3) is 0.290. The predicted molar refractivity (Wildman–Crippen MR) is 137 cm³/mol. The van der Waals surface area contributed by atoms with Crippen LogP contribution in [0.5, 0.6) is 11.5 Å². The molecule has 2 N–H and O–H groups in total. The van der Waals surface area contributed by atoms with Gasteiger partial charge in [-0.05, 0) is 29.1 Å². The Morgan fingerprint density at radius 1 is 0.590 bits per heavy atom. The summed E-state index contributed by atoms with van der Waals surface area (Å²) in [5.41, 5.74) is -0.929. The van der Waals surface area contributed by atoms with Gasteiger partial charge in [0.15, 0.2) is 0 Å². The van der Waals surface area contributed by atoms with Crippen LogP contribution >= 0.6 is 0 Å². The van der Waals surface area contributed by atoms with E-state index in [0.29, 0.717) is 21.5 Å². The second kappa shape index (κ2) is 7.34. The van der Waals surface area contributed by atoms with Crippen LogP contribution in [0.4, 0.5) is 0 Å². The summed E-state index contributed by atoms with van der Waals surface area (Å²) in [5, 5.41) is 22.9. The Bertz CT molecular complexity index is 1550. The standard InChI is InChI=1S/C31H22O8/c32-27(33)21-17-9-11-19-23(21)29(36)38-25-13-5-1-2-6-14(13)26(16-8-4-3-7-15(16)25)39-30(37)24-20-12-10-18(31(17,19)20)22(24)28(34)35/h1-12,17-24H,(H,32,33)(H,34,35). The van der Waals surface area contributed by atoms with Gasteiger partial charge in [0, 0.05) is 21.5 Å². The zero-order valence-corrected chi connectivity index (χ0v) is 20.4. The molecule has 8 unspecified atom stereocenters. The number of rotatable bonds is 2. The highest BCUT2D eigenvalue weighted by atomic mass is 16.5. The largest absolute Gasteiger partial charge is 0.481 e. The van der Waals surface area contributed by atoms with E-state index in [1.54, 1.807) is 60.7 Å². The van der Waals surface area contributed by atoms with E-state index in [9.17, 15) is 29.4 Å². The molecule has 0 amide bonds. The average molecular weight is 523 g/mol. The minimum absolute atomic E-state index is 0.282. The zero-order valence-electron chi connectivity index (χ0n) is 20.4. The normalized spacial score (nSPS) is 37.0. The number of esters is 2. The second-order valence-corrected chi connectivity index (χ2v) is 11.2. The van der Waals surface area contributed by atoms with Gasteiger partial charge >= 0.3 is 23.9 Å². The molecule has 0 saturated heterocycles. The van der Waals surface area contributed by atoms with Crippen molar-refractivity contribution in [1.82, 2.24) is 0 Å². The summed E-state index contributed by atoms with van der Waals surface area (Å²) < 4.78 is 12.3. The van der Waals surface area contributed by atoms with Gasteiger partial charge in [-0.15, -0.1) is 0 Å². The van der Waals surface area contributed by atoms with Crippen molar-refractivity contribution in [3.05, 3.63) is 72.8 Å². The Labute approximate surface area is 221 Å². The van der Waals surface area contributed by atoms with E-state index >= 15 is 0 Å². The molecule has 8 heteroatoms. The SMILES string of the molecule is O=C(O)C1C2C(=O)Oc3c4ccccc4c(c4ccccc34)OC(=O)C3C(C(=O)O)C4C=CC3C43C1C=CC23. The lowest BCUT2D eigenvalue weighted by atomic mass is 9.65. The van der Waals surface area contributed by atoms with Crippen LogP contribution in [0.25, 0.3) is 21.5 Å². The quantitative estimate of drug-likeness (QED) is 0.223. The van der Waals surface area contributed by atoms with E-state index in [1.807, 2.05) is 12.2 Å². The molecule has 5 aliphatic rings. The Morgan fingerprint density at radius 2 is 0.923 bits per heavy atom. The molecule has 9 bridgehead atoms. The van der Waals surface area contributed by atoms with Crippen LogP contribution in [-0.2, 0) is 19.2 Å². The molecular formula is C31H22O8. The van der Waals surface area contributed by atoms with Crippen molar-refractivity contribution in [3.8, 4) is 11.5 Å². The number of allylic oxidation sites excluding steroid dienone is 4. The van der Waals surface area contributed by atoms with Gasteiger partial charge in [0.05, 0.1) is 23.7 Å². The first-order valence-corrected chi connectivity index (χ1v) is 13.0. The number of carboxylic acids is 2. The molecule has 1 aliphatic heterocycles. The molecule has 39 heavy (non-hydrogen) atoms. The third-order valence-corrected chi connectivity index (χ3v) is 10.0. The molecule has 8 rings (SSSR count). The number of hydrogen-bond donors (Lipinski definition) is 2. The van der Waals surface area contributed by atoms with Gasteiger partial charge in [0.1, 0.15) is 11.5 Å². The molecule has 3 aromatic rings. The summed E-state index contributed by atoms with van der Waals surface area (Å²) in [6.45, 7) is 0. The number of carboxylic acid groups (broad SMARTS) is 2. The minimum atomic E-state index is -1.14. The summed E-state index contributed by atoms with van der Waals surface area (Å²) in [7, 11) is 0. The molecule has 3 aromatic carbocycles. The van der Waals surface area contributed by atoms with Gasteiger partial charge in [0.2, 0.25) is 0 Å². The van der Waals surface area contributed by atoms with E-state index in [2.05, 4.69) is 0 Å². The van der Waals surface area contributed by atoms with Crippen LogP contribution in [0.3, 0.4) is 0 Å². The van der Waals surface area contributed by atoms with Crippen LogP contribution in [0.15, 0.2) is 72.8 Å². The van der Waals surface area contributed by atoms with Crippen LogP contribution in [0.2, 0.25) is 0 Å². The summed E-state index contributed by atoms with van der Waals surface area (Å²) in [5.74, 6) is -9.78. The van der Waals surface area contributed by atoms with Crippen molar-refractivity contribution in [3.63, 3.8) is 0 Å². The van der Waals surface area contributed by atoms with Crippen LogP contribution in [-0.4, -0.2) is 34.1 Å². The smallest absolute Gasteiger partial charge is 0.315 e. The van der Waals surface area contributed by atoms with E-state index in [1.165, 1.54) is 0 Å². The number of ether oxygens (including phenoxy) is 2. The maximum atomic E-state index is 14.1. The first-order chi connectivity index (χ1) is 18.9. The molecule has 0 radical (unpaired) electrons. The maximum absolute atomic E-state index is 14.1. The Balaban J connectivity index is 1.46. The second-order valence-electron chi connectivity index (χ2n) is 11.2. The monoisotopic (exact) mass is 522 g/mol. The third kappa shape index (κ3) is 2.50. The predicted octanol–water partition coefficient (Wildman–Crippen LogP) is 4.07. The molecular weight excluding hydrogens is 500 g/mol. The van der Waals surface area contributed by atoms with E-state index in [0.717, 1.165) is 0 Å². The molecule has 1 spiro atoms. The fourth-order valence-electron chi connectivity index (χ4n) is 8.90. The van der Waals surface area contributed by atoms with Crippen molar-refractivity contribution >= 4 is 45.4 Å². The molecule has 8 atom stereocenters. The van der Waals surface area contributed by atoms with Gasteiger partial charge in [-0.25, -0.2) is 0 Å². The lowest BCUT2D eigenvalue weighted by molar-refractivity contribution is -0.152. The minimum Gasteiger partial charge on any atom is -0.481 e. The number of fused-ring (bicyclic) bond motifs is 3. The first kappa shape index (κ1) is 22.5. The van der Waals surface area contributed by atoms with Gasteiger partial charge < -0.3 is 19.7 Å². The number of aliphatic carboxylic acids is 2. The lowest BCUT2D eigenvalue weighted by Crippen LogP contribution is -2.38. The number of carbonyl (C=O) groups excluding carboxylic acids is 2. The maximum Gasteiger partial charge on any atom is 0.315 e. The summed E-state index contributed by atoms with van der Waals surface area (Å²) in [6.07, 6.45) is 7.29. The lowest BCUT2D eigenvalue weighted by Gasteiger charge is -2.37. The molecule has 2 fully saturated rings. The summed E-state index contributed by atoms with van der Waals surface area (Å²) in [6, 6.07) is 14.1. The Kier molecular flexibility index (Phi) is 4.24. The number of hydrogen-bond acceptors (Lipinski definition) is 6. The van der Waals surface area contributed by atoms with E-state index in [4.69, 9.17) is 9.47 Å². The van der Waals surface area contributed by atoms with Crippen LogP contribution in [0.1, 0.15) is 0 Å². The van der Waals surface area contributed by atoms with Crippen molar-refractivity contribution < 1.29 is 38.9 Å². The highest BCUT2D eigenvalue weighted by molar-refractivity contribution is 6.13. The molecule has 4 aliphatic carbocycles. The molecule has 1 heterocycles. The average Bonchev–Trinajstić information content (AvgIpc) is 3.66. The summed E-state index contributed by atoms with van der Waals surface area (Å²) >= 11 is 0. The molecule has 194 valence electrons. The number of benzene rings is 3. The Morgan fingerprint density at radius 3 is 1.26 bits per heavy atom. The van der Waals surface area contributed by atoms with Crippen molar-refractivity contribution in [1.29, 1.82) is 0 Å². The van der Waals surface area contributed by atoms with Crippen molar-refractivity contribution in [2.75, 3.05) is 0 Å². The number of carbonyl (C=O) groups is 4. The Hall–Kier alpha value is -4.46. The van der Waals surface area contributed by atoms with Gasteiger partial charge in [-0.3, -0.25) is 19.2 Å². The fourth-order valence-corrected chi connectivity index (χ4v) is 8.90. The van der Waals surface area contributed by atoms with Crippen molar-refractivity contribution in [2.45, 2.75) is 0 Å². The first-order valence-electron chi connectivity index (χ1n) is 13.0. The zero-order chi connectivity index (χ0) is 26.8. The van der Waals surface area contributed by atoms with Gasteiger partial charge in [0.25, 0.3) is 0 Å². The summed E-state index contributed by atoms with van der Waals surface area (Å²) in [4.78, 5) is 53.6. The third-order valence-electron chi connectivity index (χ3n) is 10.0. The molecule has 2 saturated carbocycles. The highest BCUT2D eigenvalue weighted by Gasteiger charge is 2.78. The van der Waals surface area contributed by atoms with Gasteiger partial charge in [-0.2, -0.15) is 0 Å². The van der Waals surface area contributed by atoms with E-state index in [-0.39, 0.29) is 11.5 Å². The molecule has 0 aromatic heterocycles. The van der Waals surface area contributed by atoms with Crippen molar-refractivity contribution in [2.24, 2.45) is 52.8 Å². The van der Waals surface area contributed by atoms with Crippen LogP contribution < -0.4 is 9.47 Å². The molecule has 8 nitrogen and oxygen atoms in total. The topological polar surface area (TPSA) is 127 Å². The van der Waals surface area contributed by atoms with E-state index < -0.39 is 76.6 Å². The van der Waals surface area contributed by atoms with Gasteiger partial charge in [-0.1, -0.05) is 72.8 Å².